The lowest BCUT2D eigenvalue weighted by Gasteiger charge is -2.63. The molecular formula is C26H26Cl2F2O5S2. The molecule has 1 N–H and O–H groups in total. The molecule has 0 saturated heterocycles. The second kappa shape index (κ2) is 8.62. The van der Waals surface area contributed by atoms with Gasteiger partial charge < -0.3 is 9.84 Å². The fourth-order valence-electron chi connectivity index (χ4n) is 7.92. The molecule has 3 fully saturated rings. The van der Waals surface area contributed by atoms with Crippen LogP contribution in [0.15, 0.2) is 29.9 Å². The first kappa shape index (κ1) is 27.3. The topological polar surface area (TPSA) is 80.7 Å². The lowest BCUT2D eigenvalue weighted by atomic mass is 9.44. The molecule has 5 rings (SSSR count). The van der Waals surface area contributed by atoms with E-state index < -0.39 is 69.0 Å². The number of aliphatic hydroxyl groups excluding tert-OH is 1. The normalized spacial score (nSPS) is 44.5. The van der Waals surface area contributed by atoms with E-state index in [-0.39, 0.29) is 39.1 Å². The summed E-state index contributed by atoms with van der Waals surface area (Å²) in [5.41, 5.74) is -6.97. The zero-order valence-electron chi connectivity index (χ0n) is 20.3. The number of esters is 1. The minimum absolute atomic E-state index is 0.0122. The van der Waals surface area contributed by atoms with Crippen molar-refractivity contribution in [3.63, 3.8) is 0 Å². The first-order valence-corrected chi connectivity index (χ1v) is 14.0. The van der Waals surface area contributed by atoms with Crippen molar-refractivity contribution in [2.24, 2.45) is 28.6 Å². The molecule has 1 aromatic heterocycles. The summed E-state index contributed by atoms with van der Waals surface area (Å²) in [5.74, 6) is -3.59. The number of ketones is 1. The van der Waals surface area contributed by atoms with E-state index in [2.05, 4.69) is 12.6 Å². The Kier molecular flexibility index (Phi) is 6.36. The van der Waals surface area contributed by atoms with E-state index >= 15 is 8.78 Å². The molecular weight excluding hydrogens is 565 g/mol. The van der Waals surface area contributed by atoms with Gasteiger partial charge >= 0.3 is 5.97 Å². The number of fused-ring (bicyclic) bond motifs is 5. The van der Waals surface area contributed by atoms with Gasteiger partial charge in [0.05, 0.1) is 16.0 Å². The van der Waals surface area contributed by atoms with Crippen LogP contribution in [-0.2, 0) is 14.3 Å². The molecule has 37 heavy (non-hydrogen) atoms. The van der Waals surface area contributed by atoms with Crippen LogP contribution < -0.4 is 0 Å². The summed E-state index contributed by atoms with van der Waals surface area (Å²) in [6.45, 7) is 4.89. The molecule has 0 spiro atoms. The monoisotopic (exact) mass is 590 g/mol. The van der Waals surface area contributed by atoms with Crippen LogP contribution in [0.1, 0.15) is 50.4 Å². The molecule has 0 aromatic carbocycles. The highest BCUT2D eigenvalue weighted by Crippen LogP contribution is 2.71. The van der Waals surface area contributed by atoms with Crippen LogP contribution in [0.3, 0.4) is 0 Å². The minimum Gasteiger partial charge on any atom is -0.446 e. The Morgan fingerprint density at radius 2 is 1.92 bits per heavy atom. The highest BCUT2D eigenvalue weighted by molar-refractivity contribution is 7.96. The Bertz CT molecular complexity index is 1280. The maximum absolute atomic E-state index is 17.3. The van der Waals surface area contributed by atoms with Gasteiger partial charge in [-0.05, 0) is 55.9 Å². The number of rotatable bonds is 3. The van der Waals surface area contributed by atoms with Gasteiger partial charge in [0.15, 0.2) is 17.1 Å². The molecule has 0 radical (unpaired) electrons. The van der Waals surface area contributed by atoms with Gasteiger partial charge in [-0.1, -0.05) is 43.1 Å². The van der Waals surface area contributed by atoms with Crippen molar-refractivity contribution in [2.45, 2.75) is 63.6 Å². The number of thiophene rings is 1. The van der Waals surface area contributed by atoms with Gasteiger partial charge in [0.2, 0.25) is 5.12 Å². The van der Waals surface area contributed by atoms with E-state index in [1.165, 1.54) is 25.1 Å². The fourth-order valence-corrected chi connectivity index (χ4v) is 9.88. The maximum Gasteiger partial charge on any atom is 0.341 e. The van der Waals surface area contributed by atoms with E-state index in [0.29, 0.717) is 0 Å². The fraction of sp³-hybridized carbons (Fsp3) is 0.577. The van der Waals surface area contributed by atoms with Crippen molar-refractivity contribution >= 4 is 64.0 Å². The molecule has 11 heteroatoms. The first-order valence-electron chi connectivity index (χ1n) is 12.0. The van der Waals surface area contributed by atoms with Crippen LogP contribution >= 0.6 is 47.2 Å². The van der Waals surface area contributed by atoms with E-state index in [9.17, 15) is 19.5 Å². The van der Waals surface area contributed by atoms with Crippen molar-refractivity contribution in [3.05, 3.63) is 44.1 Å². The van der Waals surface area contributed by atoms with Gasteiger partial charge in [-0.25, -0.2) is 13.6 Å². The molecule has 4 aliphatic rings. The van der Waals surface area contributed by atoms with Crippen LogP contribution in [0.25, 0.3) is 0 Å². The van der Waals surface area contributed by atoms with Crippen molar-refractivity contribution in [1.82, 2.24) is 0 Å². The standard InChI is InChI=1S/C26H26Cl2F2O5S2/c1-11-6-14-15-9-17(29)16-7-12(31)4-5-23(16,2)25(15,30)18(32)10-24(14,3)26(11,22(34)36)35-21(33)13-8-19(27)37-20(13)28/h4-5,7-8,11,14-15,17-18,32H,6,9-10H2,1-3H3,(H,34,36)/t11-,14+,15+,17+,18+,23+,24+,25+,26+/m1/s1. The highest BCUT2D eigenvalue weighted by atomic mass is 35.5. The molecule has 9 atom stereocenters. The predicted octanol–water partition coefficient (Wildman–Crippen LogP) is 5.97. The Hall–Kier alpha value is -1.26. The lowest BCUT2D eigenvalue weighted by molar-refractivity contribution is -0.221. The molecule has 0 amide bonds. The highest BCUT2D eigenvalue weighted by Gasteiger charge is 2.78. The summed E-state index contributed by atoms with van der Waals surface area (Å²) >= 11 is 17.3. The zero-order chi connectivity index (χ0) is 27.3. The van der Waals surface area contributed by atoms with E-state index in [1.807, 2.05) is 0 Å². The van der Waals surface area contributed by atoms with Crippen LogP contribution in [0.2, 0.25) is 8.67 Å². The molecule has 0 unspecified atom stereocenters. The third-order valence-corrected chi connectivity index (χ3v) is 11.4. The average molecular weight is 592 g/mol. The van der Waals surface area contributed by atoms with Crippen LogP contribution in [0.4, 0.5) is 8.78 Å². The van der Waals surface area contributed by atoms with E-state index in [1.54, 1.807) is 13.8 Å². The van der Waals surface area contributed by atoms with Crippen molar-refractivity contribution in [2.75, 3.05) is 0 Å². The maximum atomic E-state index is 17.3. The third kappa shape index (κ3) is 3.39. The smallest absolute Gasteiger partial charge is 0.341 e. The van der Waals surface area contributed by atoms with Gasteiger partial charge in [-0.3, -0.25) is 9.59 Å². The number of carbonyl (C=O) groups is 3. The molecule has 200 valence electrons. The van der Waals surface area contributed by atoms with Gasteiger partial charge in [0.25, 0.3) is 0 Å². The SMILES string of the molecule is C[C@@H]1C[C@H]2[C@@H]3C[C@H](F)C4=CC(=O)C=C[C@]4(C)[C@@]3(F)[C@@H](O)C[C@]2(C)[C@@]1(OC(=O)c1cc(Cl)sc1Cl)C(=O)S. The van der Waals surface area contributed by atoms with Crippen molar-refractivity contribution < 1.29 is 33.0 Å². The quantitative estimate of drug-likeness (QED) is 0.335. The third-order valence-electron chi connectivity index (χ3n) is 9.62. The first-order chi connectivity index (χ1) is 17.1. The summed E-state index contributed by atoms with van der Waals surface area (Å²) in [5, 5.41) is 10.7. The summed E-state index contributed by atoms with van der Waals surface area (Å²) in [4.78, 5) is 38.5. The van der Waals surface area contributed by atoms with E-state index in [4.69, 9.17) is 27.9 Å². The minimum atomic E-state index is -2.31. The van der Waals surface area contributed by atoms with Crippen molar-refractivity contribution in [3.8, 4) is 0 Å². The van der Waals surface area contributed by atoms with E-state index in [0.717, 1.165) is 17.4 Å². The number of thiol groups is 1. The van der Waals surface area contributed by atoms with Gasteiger partial charge in [0.1, 0.15) is 10.5 Å². The Balaban J connectivity index is 1.62. The summed E-state index contributed by atoms with van der Waals surface area (Å²) in [6, 6.07) is 1.34. The second-order valence-corrected chi connectivity index (χ2v) is 13.9. The van der Waals surface area contributed by atoms with Gasteiger partial charge in [-0.2, -0.15) is 0 Å². The number of aliphatic hydroxyl groups is 1. The Labute approximate surface area is 232 Å². The molecule has 4 aliphatic carbocycles. The molecule has 3 saturated carbocycles. The molecule has 0 bridgehead atoms. The zero-order valence-corrected chi connectivity index (χ0v) is 23.5. The largest absolute Gasteiger partial charge is 0.446 e. The number of hydrogen-bond donors (Lipinski definition) is 2. The van der Waals surface area contributed by atoms with Crippen LogP contribution in [0.5, 0.6) is 0 Å². The lowest BCUT2D eigenvalue weighted by Crippen LogP contribution is -2.70. The second-order valence-electron chi connectivity index (χ2n) is 11.2. The Morgan fingerprint density at radius 1 is 1.24 bits per heavy atom. The number of allylic oxidation sites excluding steroid dienone is 4. The number of carbonyl (C=O) groups excluding carboxylic acids is 3. The van der Waals surface area contributed by atoms with Crippen LogP contribution in [-0.4, -0.2) is 45.5 Å². The predicted molar refractivity (Wildman–Crippen MR) is 140 cm³/mol. The van der Waals surface area contributed by atoms with Gasteiger partial charge in [0, 0.05) is 22.7 Å². The summed E-state index contributed by atoms with van der Waals surface area (Å²) < 4.78 is 39.3. The molecule has 5 nitrogen and oxygen atoms in total. The number of ether oxygens (including phenoxy) is 1. The number of halogens is 4. The van der Waals surface area contributed by atoms with Crippen molar-refractivity contribution in [1.29, 1.82) is 0 Å². The van der Waals surface area contributed by atoms with Gasteiger partial charge in [-0.15, -0.1) is 24.0 Å². The average Bonchev–Trinajstić information content (AvgIpc) is 3.25. The summed E-state index contributed by atoms with van der Waals surface area (Å²) in [6.07, 6.45) is 0.139. The summed E-state index contributed by atoms with van der Waals surface area (Å²) in [7, 11) is 0. The number of hydrogen-bond acceptors (Lipinski definition) is 6. The molecule has 1 heterocycles. The molecule has 1 aromatic rings. The Morgan fingerprint density at radius 3 is 2.51 bits per heavy atom. The molecule has 0 aliphatic heterocycles. The van der Waals surface area contributed by atoms with Crippen LogP contribution in [0, 0.1) is 28.6 Å². The number of alkyl halides is 2.